The standard InChI is InChI=1S/C40H35N3O4S/c1-3-37(40(46)43-35-16-10-8-14-32(35)33-15-9-11-17-36(33)43)48-31-24-20-29(21-25-31)41-39(45)34(42-38(44)28-12-6-5-7-13-28)26-27-18-22-30(23-19-27)47-4-2/h5-26,37H,3-4H2,1-2H3,(H,41,45)(H,42,44)/b34-26-. The molecule has 2 amide bonds. The normalized spacial score (nSPS) is 12.1. The second-order valence-electron chi connectivity index (χ2n) is 11.1. The van der Waals surface area contributed by atoms with Gasteiger partial charge in [0.05, 0.1) is 22.9 Å². The Kier molecular flexibility index (Phi) is 10.0. The van der Waals surface area contributed by atoms with Crippen LogP contribution >= 0.6 is 11.8 Å². The molecule has 8 heteroatoms. The predicted octanol–water partition coefficient (Wildman–Crippen LogP) is 8.81. The Balaban J connectivity index is 1.19. The number of ether oxygens (including phenoxy) is 1. The van der Waals surface area contributed by atoms with E-state index in [9.17, 15) is 14.4 Å². The number of anilines is 1. The number of nitrogens with zero attached hydrogens (tertiary/aromatic N) is 1. The largest absolute Gasteiger partial charge is 0.494 e. The molecule has 1 unspecified atom stereocenters. The monoisotopic (exact) mass is 653 g/mol. The van der Waals surface area contributed by atoms with E-state index in [1.54, 1.807) is 42.5 Å². The summed E-state index contributed by atoms with van der Waals surface area (Å²) in [6.07, 6.45) is 2.27. The Morgan fingerprint density at radius 1 is 0.750 bits per heavy atom. The Morgan fingerprint density at radius 3 is 1.96 bits per heavy atom. The molecule has 2 N–H and O–H groups in total. The number of benzene rings is 5. The number of amides is 2. The molecule has 0 bridgehead atoms. The van der Waals surface area contributed by atoms with Gasteiger partial charge in [0.25, 0.3) is 11.8 Å². The minimum atomic E-state index is -0.471. The molecule has 0 saturated heterocycles. The molecule has 6 aromatic rings. The minimum Gasteiger partial charge on any atom is -0.494 e. The fourth-order valence-corrected chi connectivity index (χ4v) is 6.52. The summed E-state index contributed by atoms with van der Waals surface area (Å²) in [5, 5.41) is 7.46. The van der Waals surface area contributed by atoms with Crippen LogP contribution in [0.15, 0.2) is 138 Å². The molecule has 0 saturated carbocycles. The molecule has 0 spiro atoms. The first kappa shape index (κ1) is 32.3. The van der Waals surface area contributed by atoms with E-state index in [1.165, 1.54) is 11.8 Å². The van der Waals surface area contributed by atoms with Crippen LogP contribution in [0.4, 0.5) is 5.69 Å². The lowest BCUT2D eigenvalue weighted by Gasteiger charge is -2.16. The molecule has 0 aliphatic carbocycles. The summed E-state index contributed by atoms with van der Waals surface area (Å²) < 4.78 is 7.37. The molecule has 48 heavy (non-hydrogen) atoms. The lowest BCUT2D eigenvalue weighted by Crippen LogP contribution is -2.30. The van der Waals surface area contributed by atoms with Crippen LogP contribution in [0.1, 0.15) is 41.0 Å². The maximum atomic E-state index is 14.0. The maximum absolute atomic E-state index is 14.0. The first-order valence-corrected chi connectivity index (χ1v) is 16.7. The van der Waals surface area contributed by atoms with Crippen LogP contribution in [0.2, 0.25) is 0 Å². The summed E-state index contributed by atoms with van der Waals surface area (Å²) >= 11 is 1.50. The second-order valence-corrected chi connectivity index (χ2v) is 12.4. The Morgan fingerprint density at radius 2 is 1.35 bits per heavy atom. The highest BCUT2D eigenvalue weighted by molar-refractivity contribution is 8.00. The molecule has 0 aliphatic rings. The molecule has 6 rings (SSSR count). The molecule has 1 aromatic heterocycles. The molecule has 1 heterocycles. The van der Waals surface area contributed by atoms with Crippen LogP contribution in [-0.4, -0.2) is 34.1 Å². The Hall–Kier alpha value is -5.60. The smallest absolute Gasteiger partial charge is 0.272 e. The quantitative estimate of drug-likeness (QED) is 0.108. The highest BCUT2D eigenvalue weighted by Crippen LogP contribution is 2.33. The maximum Gasteiger partial charge on any atom is 0.272 e. The van der Waals surface area contributed by atoms with Gasteiger partial charge in [-0.25, -0.2) is 0 Å². The summed E-state index contributed by atoms with van der Waals surface area (Å²) in [4.78, 5) is 41.4. The van der Waals surface area contributed by atoms with E-state index in [0.29, 0.717) is 30.0 Å². The number of fused-ring (bicyclic) bond motifs is 3. The third-order valence-electron chi connectivity index (χ3n) is 7.87. The van der Waals surface area contributed by atoms with Crippen LogP contribution in [0.25, 0.3) is 27.9 Å². The summed E-state index contributed by atoms with van der Waals surface area (Å²) in [5.41, 5.74) is 3.60. The highest BCUT2D eigenvalue weighted by atomic mass is 32.2. The van der Waals surface area contributed by atoms with Crippen molar-refractivity contribution in [2.45, 2.75) is 30.4 Å². The number of para-hydroxylation sites is 2. The van der Waals surface area contributed by atoms with E-state index < -0.39 is 11.8 Å². The Bertz CT molecular complexity index is 2050. The van der Waals surface area contributed by atoms with Crippen molar-refractivity contribution in [1.82, 2.24) is 9.88 Å². The molecule has 1 atom stereocenters. The number of nitrogens with one attached hydrogen (secondary N) is 2. The molecular formula is C40H35N3O4S. The first-order chi connectivity index (χ1) is 23.4. The molecule has 5 aromatic carbocycles. The van der Waals surface area contributed by atoms with E-state index >= 15 is 0 Å². The van der Waals surface area contributed by atoms with Gasteiger partial charge in [0, 0.05) is 26.9 Å². The SMILES string of the molecule is CCOc1ccc(/C=C(\NC(=O)c2ccccc2)C(=O)Nc2ccc(SC(CC)C(=O)n3c4ccccc4c4ccccc43)cc2)cc1. The third-order valence-corrected chi connectivity index (χ3v) is 9.23. The van der Waals surface area contributed by atoms with Gasteiger partial charge >= 0.3 is 0 Å². The molecule has 0 radical (unpaired) electrons. The molecule has 7 nitrogen and oxygen atoms in total. The van der Waals surface area contributed by atoms with Crippen LogP contribution in [0, 0.1) is 0 Å². The van der Waals surface area contributed by atoms with Gasteiger partial charge in [-0.15, -0.1) is 11.8 Å². The van der Waals surface area contributed by atoms with Crippen molar-refractivity contribution in [2.24, 2.45) is 0 Å². The van der Waals surface area contributed by atoms with Crippen LogP contribution < -0.4 is 15.4 Å². The summed E-state index contributed by atoms with van der Waals surface area (Å²) in [7, 11) is 0. The number of rotatable bonds is 11. The van der Waals surface area contributed by atoms with Crippen molar-refractivity contribution in [3.8, 4) is 5.75 Å². The van der Waals surface area contributed by atoms with Gasteiger partial charge in [0.1, 0.15) is 11.4 Å². The minimum absolute atomic E-state index is 0.0236. The average Bonchev–Trinajstić information content (AvgIpc) is 3.46. The van der Waals surface area contributed by atoms with Crippen molar-refractivity contribution in [1.29, 1.82) is 0 Å². The zero-order valence-electron chi connectivity index (χ0n) is 26.7. The average molecular weight is 654 g/mol. The predicted molar refractivity (Wildman–Crippen MR) is 195 cm³/mol. The zero-order valence-corrected chi connectivity index (χ0v) is 27.5. The van der Waals surface area contributed by atoms with Crippen molar-refractivity contribution in [3.05, 3.63) is 144 Å². The number of hydrogen-bond acceptors (Lipinski definition) is 5. The van der Waals surface area contributed by atoms with E-state index in [-0.39, 0.29) is 16.9 Å². The third kappa shape index (κ3) is 7.19. The molecule has 240 valence electrons. The van der Waals surface area contributed by atoms with Gasteiger partial charge in [0.2, 0.25) is 5.91 Å². The van der Waals surface area contributed by atoms with E-state index in [4.69, 9.17) is 4.74 Å². The van der Waals surface area contributed by atoms with Crippen LogP contribution in [0.3, 0.4) is 0 Å². The van der Waals surface area contributed by atoms with E-state index in [0.717, 1.165) is 32.3 Å². The van der Waals surface area contributed by atoms with E-state index in [2.05, 4.69) is 22.8 Å². The van der Waals surface area contributed by atoms with Crippen LogP contribution in [0.5, 0.6) is 5.75 Å². The number of carbonyl (C=O) groups is 3. The van der Waals surface area contributed by atoms with E-state index in [1.807, 2.05) is 97.3 Å². The topological polar surface area (TPSA) is 89.4 Å². The first-order valence-electron chi connectivity index (χ1n) is 15.9. The summed E-state index contributed by atoms with van der Waals surface area (Å²) in [6.45, 7) is 4.47. The molecule has 0 aliphatic heterocycles. The van der Waals surface area contributed by atoms with Gasteiger partial charge in [-0.2, -0.15) is 0 Å². The van der Waals surface area contributed by atoms with Gasteiger partial charge in [0.15, 0.2) is 0 Å². The number of hydrogen-bond donors (Lipinski definition) is 2. The number of carbonyl (C=O) groups excluding carboxylic acids is 3. The lowest BCUT2D eigenvalue weighted by molar-refractivity contribution is -0.113. The van der Waals surface area contributed by atoms with Crippen molar-refractivity contribution in [2.75, 3.05) is 11.9 Å². The van der Waals surface area contributed by atoms with Crippen LogP contribution in [-0.2, 0) is 4.79 Å². The fraction of sp³-hybridized carbons (Fsp3) is 0.125. The van der Waals surface area contributed by atoms with Gasteiger partial charge in [-0.1, -0.05) is 73.7 Å². The zero-order chi connectivity index (χ0) is 33.5. The van der Waals surface area contributed by atoms with Crippen molar-refractivity contribution >= 4 is 63.1 Å². The molecule has 0 fully saturated rings. The Labute approximate surface area is 283 Å². The summed E-state index contributed by atoms with van der Waals surface area (Å²) in [5.74, 6) is -0.126. The second kappa shape index (κ2) is 14.9. The fourth-order valence-electron chi connectivity index (χ4n) is 5.53. The lowest BCUT2D eigenvalue weighted by atomic mass is 10.1. The van der Waals surface area contributed by atoms with Gasteiger partial charge in [-0.05, 0) is 85.6 Å². The number of thioether (sulfide) groups is 1. The van der Waals surface area contributed by atoms with Crippen molar-refractivity contribution in [3.63, 3.8) is 0 Å². The number of aromatic nitrogens is 1. The van der Waals surface area contributed by atoms with Crippen molar-refractivity contribution < 1.29 is 19.1 Å². The van der Waals surface area contributed by atoms with Gasteiger partial charge < -0.3 is 15.4 Å². The summed E-state index contributed by atoms with van der Waals surface area (Å²) in [6, 6.07) is 39.4. The highest BCUT2D eigenvalue weighted by Gasteiger charge is 2.24. The van der Waals surface area contributed by atoms with Gasteiger partial charge in [-0.3, -0.25) is 19.0 Å². The molecular weight excluding hydrogens is 619 g/mol.